The van der Waals surface area contributed by atoms with E-state index in [1.165, 1.54) is 12.1 Å². The lowest BCUT2D eigenvalue weighted by Gasteiger charge is -2.08. The van der Waals surface area contributed by atoms with Gasteiger partial charge < -0.3 is 20.6 Å². The fourth-order valence-corrected chi connectivity index (χ4v) is 1.27. The van der Waals surface area contributed by atoms with Gasteiger partial charge >= 0.3 is 5.69 Å². The molecule has 0 saturated heterocycles. The van der Waals surface area contributed by atoms with E-state index in [9.17, 15) is 15.2 Å². The second-order valence-electron chi connectivity index (χ2n) is 3.55. The van der Waals surface area contributed by atoms with E-state index in [0.717, 1.165) is 0 Å². The van der Waals surface area contributed by atoms with Crippen molar-refractivity contribution in [1.82, 2.24) is 5.32 Å². The number of aliphatic hydroxyl groups is 2. The maximum absolute atomic E-state index is 10.6. The van der Waals surface area contributed by atoms with E-state index in [0.29, 0.717) is 12.1 Å². The number of rotatable bonds is 6. The van der Waals surface area contributed by atoms with Crippen LogP contribution in [0.15, 0.2) is 18.2 Å². The van der Waals surface area contributed by atoms with Crippen molar-refractivity contribution in [2.75, 3.05) is 13.2 Å². The number of aromatic hydroxyl groups is 1. The van der Waals surface area contributed by atoms with Gasteiger partial charge in [-0.05, 0) is 11.6 Å². The van der Waals surface area contributed by atoms with Crippen molar-refractivity contribution in [1.29, 1.82) is 0 Å². The average molecular weight is 242 g/mol. The highest BCUT2D eigenvalue weighted by atomic mass is 16.6. The Hall–Kier alpha value is -1.70. The first kappa shape index (κ1) is 13.4. The number of nitrogens with one attached hydrogen (secondary N) is 1. The lowest BCUT2D eigenvalue weighted by molar-refractivity contribution is -0.385. The molecule has 0 heterocycles. The fraction of sp³-hybridized carbons (Fsp3) is 0.400. The highest BCUT2D eigenvalue weighted by Crippen LogP contribution is 2.26. The van der Waals surface area contributed by atoms with Crippen molar-refractivity contribution in [3.63, 3.8) is 0 Å². The van der Waals surface area contributed by atoms with Crippen LogP contribution in [0.1, 0.15) is 5.56 Å². The Bertz CT molecular complexity index is 396. The molecule has 4 N–H and O–H groups in total. The van der Waals surface area contributed by atoms with E-state index in [-0.39, 0.29) is 24.6 Å². The molecule has 7 heteroatoms. The SMILES string of the molecule is O=[N+]([O-])c1cc(CNC[C@@H](O)CO)ccc1O. The molecule has 0 amide bonds. The Morgan fingerprint density at radius 1 is 1.47 bits per heavy atom. The second kappa shape index (κ2) is 6.14. The Balaban J connectivity index is 2.60. The van der Waals surface area contributed by atoms with Crippen LogP contribution in [-0.4, -0.2) is 39.5 Å². The third-order valence-electron chi connectivity index (χ3n) is 2.16. The standard InChI is InChI=1S/C10H14N2O5/c13-6-8(14)5-11-4-7-1-2-10(15)9(3-7)12(16)17/h1-3,8,11,13-15H,4-6H2/t8-/m1/s1. The van der Waals surface area contributed by atoms with Crippen LogP contribution < -0.4 is 5.32 Å². The van der Waals surface area contributed by atoms with Crippen molar-refractivity contribution in [2.45, 2.75) is 12.6 Å². The minimum Gasteiger partial charge on any atom is -0.502 e. The summed E-state index contributed by atoms with van der Waals surface area (Å²) >= 11 is 0. The highest BCUT2D eigenvalue weighted by Gasteiger charge is 2.13. The molecular weight excluding hydrogens is 228 g/mol. The van der Waals surface area contributed by atoms with Crippen LogP contribution in [0.2, 0.25) is 0 Å². The lowest BCUT2D eigenvalue weighted by atomic mass is 10.2. The summed E-state index contributed by atoms with van der Waals surface area (Å²) in [5, 5.41) is 40.2. The smallest absolute Gasteiger partial charge is 0.311 e. The molecule has 1 aromatic rings. The molecule has 94 valence electrons. The molecule has 1 aromatic carbocycles. The number of aliphatic hydroxyl groups excluding tert-OH is 2. The van der Waals surface area contributed by atoms with Crippen LogP contribution in [0.25, 0.3) is 0 Å². The zero-order valence-corrected chi connectivity index (χ0v) is 9.04. The van der Waals surface area contributed by atoms with Crippen molar-refractivity contribution >= 4 is 5.69 Å². The van der Waals surface area contributed by atoms with Crippen LogP contribution in [0, 0.1) is 10.1 Å². The van der Waals surface area contributed by atoms with Crippen molar-refractivity contribution in [3.8, 4) is 5.75 Å². The van der Waals surface area contributed by atoms with Gasteiger partial charge in [0.2, 0.25) is 0 Å². The van der Waals surface area contributed by atoms with Crippen LogP contribution >= 0.6 is 0 Å². The number of benzene rings is 1. The summed E-state index contributed by atoms with van der Waals surface area (Å²) < 4.78 is 0. The number of hydrogen-bond donors (Lipinski definition) is 4. The van der Waals surface area contributed by atoms with Gasteiger partial charge in [0.15, 0.2) is 5.75 Å². The van der Waals surface area contributed by atoms with Gasteiger partial charge in [-0.1, -0.05) is 6.07 Å². The minimum atomic E-state index is -0.859. The summed E-state index contributed by atoms with van der Waals surface area (Å²) in [6.45, 7) is 0.145. The van der Waals surface area contributed by atoms with Gasteiger partial charge in [-0.2, -0.15) is 0 Å². The Labute approximate surface area is 97.5 Å². The Morgan fingerprint density at radius 2 is 2.18 bits per heavy atom. The molecular formula is C10H14N2O5. The van der Waals surface area contributed by atoms with Crippen LogP contribution in [-0.2, 0) is 6.54 Å². The molecule has 0 radical (unpaired) electrons. The molecule has 7 nitrogen and oxygen atoms in total. The predicted octanol–water partition coefficient (Wildman–Crippen LogP) is -0.257. The number of nitro benzene ring substituents is 1. The van der Waals surface area contributed by atoms with E-state index in [1.807, 2.05) is 0 Å². The summed E-state index contributed by atoms with van der Waals surface area (Å²) in [5.41, 5.74) is 0.256. The summed E-state index contributed by atoms with van der Waals surface area (Å²) in [6.07, 6.45) is -0.859. The molecule has 0 saturated carbocycles. The molecule has 0 unspecified atom stereocenters. The monoisotopic (exact) mass is 242 g/mol. The summed E-state index contributed by atoms with van der Waals surface area (Å²) in [5.74, 6) is -0.380. The Morgan fingerprint density at radius 3 is 2.76 bits per heavy atom. The van der Waals surface area contributed by atoms with Gasteiger partial charge in [-0.3, -0.25) is 10.1 Å². The van der Waals surface area contributed by atoms with Crippen molar-refractivity contribution in [2.24, 2.45) is 0 Å². The van der Waals surface area contributed by atoms with E-state index in [4.69, 9.17) is 10.2 Å². The molecule has 0 aliphatic carbocycles. The minimum absolute atomic E-state index is 0.186. The number of hydrogen-bond acceptors (Lipinski definition) is 6. The number of phenolic OH excluding ortho intramolecular Hbond substituents is 1. The van der Waals surface area contributed by atoms with E-state index in [2.05, 4.69) is 5.32 Å². The topological polar surface area (TPSA) is 116 Å². The van der Waals surface area contributed by atoms with Crippen LogP contribution in [0.5, 0.6) is 5.75 Å². The number of nitrogens with zero attached hydrogens (tertiary/aromatic N) is 1. The van der Waals surface area contributed by atoms with Gasteiger partial charge in [0.05, 0.1) is 17.6 Å². The first-order valence-corrected chi connectivity index (χ1v) is 5.00. The van der Waals surface area contributed by atoms with Gasteiger partial charge in [0.1, 0.15) is 0 Å². The molecule has 17 heavy (non-hydrogen) atoms. The van der Waals surface area contributed by atoms with Gasteiger partial charge in [0, 0.05) is 19.2 Å². The normalized spacial score (nSPS) is 12.4. The number of phenols is 1. The molecule has 0 fully saturated rings. The van der Waals surface area contributed by atoms with Crippen molar-refractivity contribution < 1.29 is 20.2 Å². The first-order chi connectivity index (χ1) is 8.04. The third kappa shape index (κ3) is 3.99. The number of nitro groups is 1. The van der Waals surface area contributed by atoms with Crippen molar-refractivity contribution in [3.05, 3.63) is 33.9 Å². The maximum atomic E-state index is 10.6. The van der Waals surface area contributed by atoms with Gasteiger partial charge in [-0.25, -0.2) is 0 Å². The zero-order valence-electron chi connectivity index (χ0n) is 9.04. The highest BCUT2D eigenvalue weighted by molar-refractivity contribution is 5.47. The lowest BCUT2D eigenvalue weighted by Crippen LogP contribution is -2.28. The summed E-state index contributed by atoms with van der Waals surface area (Å²) in [4.78, 5) is 9.89. The Kier molecular flexibility index (Phi) is 4.83. The van der Waals surface area contributed by atoms with Crippen LogP contribution in [0.3, 0.4) is 0 Å². The van der Waals surface area contributed by atoms with E-state index < -0.39 is 11.0 Å². The third-order valence-corrected chi connectivity index (χ3v) is 2.16. The van der Waals surface area contributed by atoms with Crippen LogP contribution in [0.4, 0.5) is 5.69 Å². The molecule has 0 aliphatic heterocycles. The van der Waals surface area contributed by atoms with Gasteiger partial charge in [0.25, 0.3) is 0 Å². The zero-order chi connectivity index (χ0) is 12.8. The molecule has 0 spiro atoms. The molecule has 1 rings (SSSR count). The molecule has 0 bridgehead atoms. The average Bonchev–Trinajstić information content (AvgIpc) is 2.30. The predicted molar refractivity (Wildman–Crippen MR) is 59.6 cm³/mol. The molecule has 0 aliphatic rings. The fourth-order valence-electron chi connectivity index (χ4n) is 1.27. The summed E-state index contributed by atoms with van der Waals surface area (Å²) in [6, 6.07) is 4.05. The second-order valence-corrected chi connectivity index (χ2v) is 3.55. The first-order valence-electron chi connectivity index (χ1n) is 5.00. The van der Waals surface area contributed by atoms with Gasteiger partial charge in [-0.15, -0.1) is 0 Å². The largest absolute Gasteiger partial charge is 0.502 e. The van der Waals surface area contributed by atoms with E-state index in [1.54, 1.807) is 6.07 Å². The maximum Gasteiger partial charge on any atom is 0.311 e. The summed E-state index contributed by atoms with van der Waals surface area (Å²) in [7, 11) is 0. The molecule has 0 aromatic heterocycles. The quantitative estimate of drug-likeness (QED) is 0.403. The van der Waals surface area contributed by atoms with E-state index >= 15 is 0 Å². The molecule has 1 atom stereocenters.